The highest BCUT2D eigenvalue weighted by atomic mass is 19.1. The van der Waals surface area contributed by atoms with Gasteiger partial charge in [-0.2, -0.15) is 0 Å². The lowest BCUT2D eigenvalue weighted by Gasteiger charge is -2.24. The number of aromatic hydroxyl groups is 1. The molecule has 0 spiro atoms. The maximum Gasteiger partial charge on any atom is 0.224 e. The Bertz CT molecular complexity index is 447. The molecule has 1 amide bonds. The summed E-state index contributed by atoms with van der Waals surface area (Å²) in [6.45, 7) is 5.58. The van der Waals surface area contributed by atoms with Crippen molar-refractivity contribution in [2.75, 3.05) is 6.54 Å². The number of amides is 1. The Kier molecular flexibility index (Phi) is 4.29. The van der Waals surface area contributed by atoms with Crippen LogP contribution in [0.15, 0.2) is 18.2 Å². The molecule has 0 aromatic heterocycles. The average molecular weight is 254 g/mol. The monoisotopic (exact) mass is 254 g/mol. The molecule has 0 heterocycles. The quantitative estimate of drug-likeness (QED) is 0.748. The van der Waals surface area contributed by atoms with E-state index in [2.05, 4.69) is 5.32 Å². The number of halogens is 1. The highest BCUT2D eigenvalue weighted by Crippen LogP contribution is 2.22. The molecule has 100 valence electrons. The van der Waals surface area contributed by atoms with Gasteiger partial charge in [0.2, 0.25) is 5.91 Å². The summed E-state index contributed by atoms with van der Waals surface area (Å²) < 4.78 is 13.6. The molecule has 1 atom stereocenters. The molecule has 1 aromatic carbocycles. The molecule has 0 aliphatic rings. The van der Waals surface area contributed by atoms with E-state index in [0.717, 1.165) is 6.07 Å². The maximum absolute atomic E-state index is 13.6. The first-order valence-corrected chi connectivity index (χ1v) is 5.76. The lowest BCUT2D eigenvalue weighted by atomic mass is 9.92. The number of nitrogens with one attached hydrogen (secondary N) is 1. The van der Waals surface area contributed by atoms with Gasteiger partial charge in [0.15, 0.2) is 0 Å². The second-order valence-corrected chi connectivity index (χ2v) is 5.06. The van der Waals surface area contributed by atoms with Crippen molar-refractivity contribution in [3.63, 3.8) is 0 Å². The van der Waals surface area contributed by atoms with Crippen molar-refractivity contribution in [1.82, 2.24) is 5.32 Å². The molecule has 0 fully saturated rings. The van der Waals surface area contributed by atoms with Gasteiger partial charge in [-0.3, -0.25) is 4.79 Å². The van der Waals surface area contributed by atoms with E-state index in [0.29, 0.717) is 12.1 Å². The van der Waals surface area contributed by atoms with E-state index >= 15 is 0 Å². The molecule has 0 radical (unpaired) electrons. The predicted molar refractivity (Wildman–Crippen MR) is 67.5 cm³/mol. The van der Waals surface area contributed by atoms with Gasteiger partial charge in [-0.15, -0.1) is 0 Å². The van der Waals surface area contributed by atoms with E-state index in [1.165, 1.54) is 12.1 Å². The fourth-order valence-corrected chi connectivity index (χ4v) is 1.47. The topological polar surface area (TPSA) is 75.3 Å². The van der Waals surface area contributed by atoms with Gasteiger partial charge in [-0.1, -0.05) is 6.07 Å². The maximum atomic E-state index is 13.6. The molecule has 0 saturated carbocycles. The van der Waals surface area contributed by atoms with Crippen molar-refractivity contribution in [2.24, 2.45) is 11.1 Å². The van der Waals surface area contributed by atoms with Crippen molar-refractivity contribution in [3.05, 3.63) is 29.6 Å². The third-order valence-electron chi connectivity index (χ3n) is 2.97. The van der Waals surface area contributed by atoms with E-state index in [-0.39, 0.29) is 11.8 Å². The van der Waals surface area contributed by atoms with Crippen molar-refractivity contribution in [1.29, 1.82) is 0 Å². The van der Waals surface area contributed by atoms with E-state index in [1.54, 1.807) is 20.8 Å². The number of nitrogens with two attached hydrogens (primary N) is 1. The fourth-order valence-electron chi connectivity index (χ4n) is 1.47. The minimum absolute atomic E-state index is 0.110. The number of primary amides is 1. The zero-order chi connectivity index (χ0) is 13.9. The van der Waals surface area contributed by atoms with Gasteiger partial charge in [0.25, 0.3) is 0 Å². The van der Waals surface area contributed by atoms with Gasteiger partial charge < -0.3 is 16.2 Å². The molecule has 1 rings (SSSR count). The first-order valence-electron chi connectivity index (χ1n) is 5.76. The van der Waals surface area contributed by atoms with Crippen LogP contribution in [0.3, 0.4) is 0 Å². The van der Waals surface area contributed by atoms with E-state index in [9.17, 15) is 9.18 Å². The van der Waals surface area contributed by atoms with Crippen LogP contribution >= 0.6 is 0 Å². The van der Waals surface area contributed by atoms with Gasteiger partial charge in [-0.05, 0) is 26.8 Å². The summed E-state index contributed by atoms with van der Waals surface area (Å²) in [7, 11) is 0. The van der Waals surface area contributed by atoms with Gasteiger partial charge in [-0.25, -0.2) is 4.39 Å². The van der Waals surface area contributed by atoms with Crippen molar-refractivity contribution < 1.29 is 14.3 Å². The summed E-state index contributed by atoms with van der Waals surface area (Å²) in [6.07, 6.45) is 0. The molecule has 0 bridgehead atoms. The highest BCUT2D eigenvalue weighted by molar-refractivity contribution is 5.80. The SMILES string of the molecule is CC(NCC(C)(C)C(N)=O)c1ccc(O)cc1F. The zero-order valence-electron chi connectivity index (χ0n) is 10.8. The van der Waals surface area contributed by atoms with Gasteiger partial charge in [0, 0.05) is 24.2 Å². The molecule has 1 unspecified atom stereocenters. The number of hydrogen-bond acceptors (Lipinski definition) is 3. The minimum atomic E-state index is -0.693. The van der Waals surface area contributed by atoms with Gasteiger partial charge in [0.1, 0.15) is 11.6 Å². The molecule has 5 heteroatoms. The van der Waals surface area contributed by atoms with Crippen LogP contribution in [0.25, 0.3) is 0 Å². The predicted octanol–water partition coefficient (Wildman–Crippen LogP) is 1.69. The number of phenolic OH excluding ortho intramolecular Hbond substituents is 1. The Hall–Kier alpha value is -1.62. The summed E-state index contributed by atoms with van der Waals surface area (Å²) in [5, 5.41) is 12.2. The van der Waals surface area contributed by atoms with Crippen LogP contribution in [-0.4, -0.2) is 17.6 Å². The van der Waals surface area contributed by atoms with Gasteiger partial charge in [0.05, 0.1) is 5.41 Å². The van der Waals surface area contributed by atoms with Crippen LogP contribution in [0, 0.1) is 11.2 Å². The fraction of sp³-hybridized carbons (Fsp3) is 0.462. The van der Waals surface area contributed by atoms with E-state index in [1.807, 2.05) is 0 Å². The number of rotatable bonds is 5. The molecular weight excluding hydrogens is 235 g/mol. The first-order chi connectivity index (χ1) is 8.24. The summed E-state index contributed by atoms with van der Waals surface area (Å²) in [5.41, 5.74) is 5.00. The Balaban J connectivity index is 2.71. The van der Waals surface area contributed by atoms with Crippen LogP contribution in [0.4, 0.5) is 4.39 Å². The smallest absolute Gasteiger partial charge is 0.224 e. The second kappa shape index (κ2) is 5.35. The van der Waals surface area contributed by atoms with Crippen molar-refractivity contribution in [2.45, 2.75) is 26.8 Å². The number of phenols is 1. The largest absolute Gasteiger partial charge is 0.508 e. The Morgan fingerprint density at radius 3 is 2.67 bits per heavy atom. The molecule has 1 aromatic rings. The summed E-state index contributed by atoms with van der Waals surface area (Å²) in [5.74, 6) is -0.999. The Labute approximate surface area is 106 Å². The Morgan fingerprint density at radius 1 is 1.56 bits per heavy atom. The second-order valence-electron chi connectivity index (χ2n) is 5.06. The van der Waals surface area contributed by atoms with Crippen LogP contribution < -0.4 is 11.1 Å². The van der Waals surface area contributed by atoms with E-state index < -0.39 is 17.1 Å². The van der Waals surface area contributed by atoms with E-state index in [4.69, 9.17) is 10.8 Å². The molecule has 18 heavy (non-hydrogen) atoms. The van der Waals surface area contributed by atoms with Crippen LogP contribution in [-0.2, 0) is 4.79 Å². The van der Waals surface area contributed by atoms with Crippen molar-refractivity contribution >= 4 is 5.91 Å². The number of benzene rings is 1. The lowest BCUT2D eigenvalue weighted by Crippen LogP contribution is -2.41. The molecular formula is C13H19FN2O2. The van der Waals surface area contributed by atoms with Crippen molar-refractivity contribution in [3.8, 4) is 5.75 Å². The zero-order valence-corrected chi connectivity index (χ0v) is 10.8. The number of carbonyl (C=O) groups is 1. The lowest BCUT2D eigenvalue weighted by molar-refractivity contribution is -0.125. The number of hydrogen-bond donors (Lipinski definition) is 3. The van der Waals surface area contributed by atoms with Crippen LogP contribution in [0.2, 0.25) is 0 Å². The molecule has 0 aliphatic heterocycles. The Morgan fingerprint density at radius 2 is 2.17 bits per heavy atom. The number of carbonyl (C=O) groups excluding carboxylic acids is 1. The summed E-state index contributed by atoms with van der Waals surface area (Å²) in [4.78, 5) is 11.2. The highest BCUT2D eigenvalue weighted by Gasteiger charge is 2.25. The normalized spacial score (nSPS) is 13.3. The summed E-state index contributed by atoms with van der Waals surface area (Å²) in [6, 6.07) is 3.73. The average Bonchev–Trinajstić information content (AvgIpc) is 2.25. The molecule has 0 aliphatic carbocycles. The standard InChI is InChI=1S/C13H19FN2O2/c1-8(16-7-13(2,3)12(15)18)10-5-4-9(17)6-11(10)14/h4-6,8,16-17H,7H2,1-3H3,(H2,15,18). The minimum Gasteiger partial charge on any atom is -0.508 e. The molecule has 4 N–H and O–H groups in total. The van der Waals surface area contributed by atoms with Gasteiger partial charge >= 0.3 is 0 Å². The summed E-state index contributed by atoms with van der Waals surface area (Å²) >= 11 is 0. The molecule has 4 nitrogen and oxygen atoms in total. The van der Waals surface area contributed by atoms with Crippen LogP contribution in [0.1, 0.15) is 32.4 Å². The third-order valence-corrected chi connectivity index (χ3v) is 2.97. The first kappa shape index (κ1) is 14.4. The molecule has 0 saturated heterocycles. The van der Waals surface area contributed by atoms with Crippen LogP contribution in [0.5, 0.6) is 5.75 Å². The third kappa shape index (κ3) is 3.43.